The van der Waals surface area contributed by atoms with Crippen molar-refractivity contribution >= 4 is 21.8 Å². The van der Waals surface area contributed by atoms with Crippen molar-refractivity contribution in [2.45, 2.75) is 19.9 Å². The summed E-state index contributed by atoms with van der Waals surface area (Å²) in [5.41, 5.74) is 2.65. The highest BCUT2D eigenvalue weighted by molar-refractivity contribution is 9.10. The van der Waals surface area contributed by atoms with Gasteiger partial charge in [-0.15, -0.1) is 0 Å². The number of benzene rings is 2. The van der Waals surface area contributed by atoms with Crippen LogP contribution in [0.3, 0.4) is 0 Å². The van der Waals surface area contributed by atoms with Gasteiger partial charge >= 0.3 is 0 Å². The average Bonchev–Trinajstić information content (AvgIpc) is 2.49. The Balaban J connectivity index is 2.13. The molecule has 2 aromatic carbocycles. The molecular formula is C17H17BrFNO. The number of rotatable bonds is 4. The molecular weight excluding hydrogens is 333 g/mol. The maximum atomic E-state index is 13.3. The van der Waals surface area contributed by atoms with Gasteiger partial charge in [-0.25, -0.2) is 4.39 Å². The van der Waals surface area contributed by atoms with Crippen LogP contribution in [0.15, 0.2) is 46.9 Å². The van der Waals surface area contributed by atoms with Gasteiger partial charge in [-0.3, -0.25) is 4.79 Å². The molecule has 21 heavy (non-hydrogen) atoms. The second-order valence-corrected chi connectivity index (χ2v) is 5.81. The first-order chi connectivity index (χ1) is 10.0. The first-order valence-corrected chi connectivity index (χ1v) is 7.59. The summed E-state index contributed by atoms with van der Waals surface area (Å²) in [5.74, 6) is -0.622. The van der Waals surface area contributed by atoms with Crippen LogP contribution in [0.25, 0.3) is 0 Å². The van der Waals surface area contributed by atoms with E-state index in [9.17, 15) is 9.18 Å². The lowest BCUT2D eigenvalue weighted by molar-refractivity contribution is 0.0783. The van der Waals surface area contributed by atoms with Gasteiger partial charge in [0.25, 0.3) is 5.91 Å². The number of nitrogens with zero attached hydrogens (tertiary/aromatic N) is 1. The van der Waals surface area contributed by atoms with Crippen LogP contribution in [0.2, 0.25) is 0 Å². The molecule has 0 N–H and O–H groups in total. The van der Waals surface area contributed by atoms with Crippen molar-refractivity contribution in [1.82, 2.24) is 4.90 Å². The summed E-state index contributed by atoms with van der Waals surface area (Å²) in [5, 5.41) is 0. The standard InChI is InChI=1S/C17H17BrFNO/c1-3-12-4-6-13(7-5-12)11-20(2)17(21)15-10-14(19)8-9-16(15)18/h4-10H,3,11H2,1-2H3. The molecule has 0 bridgehead atoms. The lowest BCUT2D eigenvalue weighted by Crippen LogP contribution is -2.26. The van der Waals surface area contributed by atoms with Gasteiger partial charge in [-0.1, -0.05) is 31.2 Å². The van der Waals surface area contributed by atoms with Gasteiger partial charge in [-0.05, 0) is 51.7 Å². The lowest BCUT2D eigenvalue weighted by Gasteiger charge is -2.18. The van der Waals surface area contributed by atoms with Crippen LogP contribution in [0.5, 0.6) is 0 Å². The van der Waals surface area contributed by atoms with E-state index in [1.165, 1.54) is 17.7 Å². The fourth-order valence-corrected chi connectivity index (χ4v) is 2.51. The molecule has 0 saturated heterocycles. The quantitative estimate of drug-likeness (QED) is 0.799. The van der Waals surface area contributed by atoms with E-state index >= 15 is 0 Å². The van der Waals surface area contributed by atoms with Crippen molar-refractivity contribution in [2.75, 3.05) is 7.05 Å². The Morgan fingerprint density at radius 1 is 1.14 bits per heavy atom. The minimum atomic E-state index is -0.415. The van der Waals surface area contributed by atoms with Crippen molar-refractivity contribution < 1.29 is 9.18 Å². The third kappa shape index (κ3) is 3.91. The molecule has 2 rings (SSSR count). The van der Waals surface area contributed by atoms with Gasteiger partial charge in [0.15, 0.2) is 0 Å². The van der Waals surface area contributed by atoms with Gasteiger partial charge in [0.1, 0.15) is 5.82 Å². The Bertz CT molecular complexity index is 640. The topological polar surface area (TPSA) is 20.3 Å². The number of hydrogen-bond acceptors (Lipinski definition) is 1. The van der Waals surface area contributed by atoms with E-state index in [0.29, 0.717) is 16.6 Å². The minimum Gasteiger partial charge on any atom is -0.337 e. The van der Waals surface area contributed by atoms with E-state index in [1.54, 1.807) is 18.0 Å². The van der Waals surface area contributed by atoms with Gasteiger partial charge in [0, 0.05) is 18.1 Å². The van der Waals surface area contributed by atoms with Crippen molar-refractivity contribution in [2.24, 2.45) is 0 Å². The monoisotopic (exact) mass is 349 g/mol. The maximum absolute atomic E-state index is 13.3. The predicted octanol–water partition coefficient (Wildman–Crippen LogP) is 4.42. The van der Waals surface area contributed by atoms with E-state index < -0.39 is 5.82 Å². The molecule has 0 spiro atoms. The highest BCUT2D eigenvalue weighted by Crippen LogP contribution is 2.20. The summed E-state index contributed by atoms with van der Waals surface area (Å²) in [7, 11) is 1.72. The SMILES string of the molecule is CCc1ccc(CN(C)C(=O)c2cc(F)ccc2Br)cc1. The van der Waals surface area contributed by atoms with Crippen LogP contribution < -0.4 is 0 Å². The van der Waals surface area contributed by atoms with Crippen LogP contribution in [-0.2, 0) is 13.0 Å². The van der Waals surface area contributed by atoms with E-state index in [2.05, 4.69) is 35.0 Å². The van der Waals surface area contributed by atoms with Crippen LogP contribution in [-0.4, -0.2) is 17.9 Å². The van der Waals surface area contributed by atoms with Crippen LogP contribution >= 0.6 is 15.9 Å². The van der Waals surface area contributed by atoms with Gasteiger partial charge in [0.05, 0.1) is 5.56 Å². The van der Waals surface area contributed by atoms with E-state index in [1.807, 2.05) is 12.1 Å². The molecule has 110 valence electrons. The number of carbonyl (C=O) groups is 1. The highest BCUT2D eigenvalue weighted by Gasteiger charge is 2.16. The minimum absolute atomic E-state index is 0.207. The Hall–Kier alpha value is -1.68. The summed E-state index contributed by atoms with van der Waals surface area (Å²) >= 11 is 3.29. The third-order valence-corrected chi connectivity index (χ3v) is 4.05. The number of amides is 1. The molecule has 0 aliphatic heterocycles. The lowest BCUT2D eigenvalue weighted by atomic mass is 10.1. The molecule has 2 aromatic rings. The summed E-state index contributed by atoms with van der Waals surface area (Å²) in [6.45, 7) is 2.60. The molecule has 0 unspecified atom stereocenters. The van der Waals surface area contributed by atoms with Gasteiger partial charge in [-0.2, -0.15) is 0 Å². The molecule has 0 saturated carbocycles. The average molecular weight is 350 g/mol. The highest BCUT2D eigenvalue weighted by atomic mass is 79.9. The Labute approximate surface area is 132 Å². The van der Waals surface area contributed by atoms with Crippen molar-refractivity contribution in [3.63, 3.8) is 0 Å². The maximum Gasteiger partial charge on any atom is 0.255 e. The summed E-state index contributed by atoms with van der Waals surface area (Å²) in [4.78, 5) is 14.0. The van der Waals surface area contributed by atoms with Crippen molar-refractivity contribution in [3.8, 4) is 0 Å². The van der Waals surface area contributed by atoms with Crippen LogP contribution in [0, 0.1) is 5.82 Å². The molecule has 0 radical (unpaired) electrons. The molecule has 0 atom stereocenters. The molecule has 0 aliphatic carbocycles. The van der Waals surface area contributed by atoms with E-state index in [-0.39, 0.29) is 5.91 Å². The summed E-state index contributed by atoms with van der Waals surface area (Å²) < 4.78 is 13.9. The molecule has 0 fully saturated rings. The van der Waals surface area contributed by atoms with Gasteiger partial charge < -0.3 is 4.90 Å². The second-order valence-electron chi connectivity index (χ2n) is 4.96. The zero-order valence-electron chi connectivity index (χ0n) is 12.1. The molecule has 4 heteroatoms. The Morgan fingerprint density at radius 3 is 2.38 bits per heavy atom. The molecule has 0 aromatic heterocycles. The predicted molar refractivity (Wildman–Crippen MR) is 85.7 cm³/mol. The molecule has 2 nitrogen and oxygen atoms in total. The first-order valence-electron chi connectivity index (χ1n) is 6.79. The Morgan fingerprint density at radius 2 is 1.76 bits per heavy atom. The number of halogens is 2. The Kier molecular flexibility index (Phi) is 5.12. The second kappa shape index (κ2) is 6.85. The third-order valence-electron chi connectivity index (χ3n) is 3.36. The first kappa shape index (κ1) is 15.7. The summed E-state index contributed by atoms with van der Waals surface area (Å²) in [6, 6.07) is 12.3. The molecule has 0 heterocycles. The van der Waals surface area contributed by atoms with Crippen molar-refractivity contribution in [1.29, 1.82) is 0 Å². The fraction of sp³-hybridized carbons (Fsp3) is 0.235. The number of hydrogen-bond donors (Lipinski definition) is 0. The summed E-state index contributed by atoms with van der Waals surface area (Å²) in [6.07, 6.45) is 0.991. The zero-order chi connectivity index (χ0) is 15.4. The number of aryl methyl sites for hydroxylation is 1. The largest absolute Gasteiger partial charge is 0.337 e. The fourth-order valence-electron chi connectivity index (χ4n) is 2.09. The van der Waals surface area contributed by atoms with Crippen LogP contribution in [0.4, 0.5) is 4.39 Å². The van der Waals surface area contributed by atoms with Crippen LogP contribution in [0.1, 0.15) is 28.4 Å². The zero-order valence-corrected chi connectivity index (χ0v) is 13.7. The normalized spacial score (nSPS) is 10.5. The smallest absolute Gasteiger partial charge is 0.255 e. The molecule has 0 aliphatic rings. The molecule has 1 amide bonds. The van der Waals surface area contributed by atoms with E-state index in [4.69, 9.17) is 0 Å². The number of carbonyl (C=O) groups excluding carboxylic acids is 1. The van der Waals surface area contributed by atoms with Crippen molar-refractivity contribution in [3.05, 3.63) is 69.4 Å². The van der Waals surface area contributed by atoms with E-state index in [0.717, 1.165) is 12.0 Å². The van der Waals surface area contributed by atoms with Gasteiger partial charge in [0.2, 0.25) is 0 Å².